The number of allylic oxidation sites excluding steroid dienone is 3. The summed E-state index contributed by atoms with van der Waals surface area (Å²) in [4.78, 5) is 32.2. The number of pyridine rings is 1. The Morgan fingerprint density at radius 3 is 2.55 bits per heavy atom. The maximum atomic E-state index is 13.5. The van der Waals surface area contributed by atoms with Crippen molar-refractivity contribution in [2.75, 3.05) is 11.6 Å². The van der Waals surface area contributed by atoms with Gasteiger partial charge in [-0.2, -0.15) is 0 Å². The summed E-state index contributed by atoms with van der Waals surface area (Å²) in [5, 5.41) is 6.32. The van der Waals surface area contributed by atoms with Crippen LogP contribution in [0.5, 0.6) is 0 Å². The van der Waals surface area contributed by atoms with Gasteiger partial charge in [0.1, 0.15) is 5.82 Å². The lowest BCUT2D eigenvalue weighted by atomic mass is 9.73. The van der Waals surface area contributed by atoms with Gasteiger partial charge in [-0.3, -0.25) is 9.59 Å². The Labute approximate surface area is 187 Å². The number of carbonyl (C=O) groups is 2. The van der Waals surface area contributed by atoms with Gasteiger partial charge in [0.15, 0.2) is 5.78 Å². The van der Waals surface area contributed by atoms with Crippen molar-refractivity contribution in [3.05, 3.63) is 76.3 Å². The van der Waals surface area contributed by atoms with Crippen LogP contribution in [0.2, 0.25) is 0 Å². The molecule has 1 aliphatic heterocycles. The van der Waals surface area contributed by atoms with Gasteiger partial charge in [0.25, 0.3) is 5.91 Å². The second kappa shape index (κ2) is 8.71. The highest BCUT2D eigenvalue weighted by molar-refractivity contribution is 7.98. The number of ketones is 1. The zero-order valence-corrected chi connectivity index (χ0v) is 19.1. The number of Topliss-reactive ketones (excluding diaryl/α,β-unsaturated/α-hetero) is 1. The van der Waals surface area contributed by atoms with E-state index in [1.807, 2.05) is 56.5 Å². The number of carbonyl (C=O) groups excluding carboxylic acids is 2. The van der Waals surface area contributed by atoms with Gasteiger partial charge >= 0.3 is 0 Å². The average molecular weight is 434 g/mol. The normalized spacial score (nSPS) is 21.0. The lowest BCUT2D eigenvalue weighted by Crippen LogP contribution is -2.37. The molecule has 2 N–H and O–H groups in total. The highest BCUT2D eigenvalue weighted by atomic mass is 32.2. The number of anilines is 1. The van der Waals surface area contributed by atoms with Crippen LogP contribution in [0.25, 0.3) is 0 Å². The topological polar surface area (TPSA) is 71.1 Å². The largest absolute Gasteiger partial charge is 0.362 e. The maximum Gasteiger partial charge on any atom is 0.255 e. The quantitative estimate of drug-likeness (QED) is 0.667. The summed E-state index contributed by atoms with van der Waals surface area (Å²) in [6.07, 6.45) is 3.35. The molecule has 2 atom stereocenters. The lowest BCUT2D eigenvalue weighted by Gasteiger charge is -2.36. The average Bonchev–Trinajstić information content (AvgIpc) is 2.72. The molecule has 0 unspecified atom stereocenters. The third kappa shape index (κ3) is 4.30. The van der Waals surface area contributed by atoms with Crippen LogP contribution in [-0.2, 0) is 9.59 Å². The number of hydrogen-bond donors (Lipinski definition) is 2. The predicted octanol–water partition coefficient (Wildman–Crippen LogP) is 4.96. The lowest BCUT2D eigenvalue weighted by molar-refractivity contribution is -0.117. The molecule has 0 saturated heterocycles. The Bertz CT molecular complexity index is 1100. The number of dihydropyridines is 1. The Morgan fingerprint density at radius 1 is 1.13 bits per heavy atom. The van der Waals surface area contributed by atoms with Crippen molar-refractivity contribution in [2.24, 2.45) is 5.92 Å². The van der Waals surface area contributed by atoms with E-state index in [9.17, 15) is 9.59 Å². The molecule has 2 aliphatic rings. The number of rotatable bonds is 4. The van der Waals surface area contributed by atoms with E-state index in [1.165, 1.54) is 0 Å². The summed E-state index contributed by atoms with van der Waals surface area (Å²) in [5.74, 6) is 0.284. The number of nitrogens with one attached hydrogen (secondary N) is 2. The summed E-state index contributed by atoms with van der Waals surface area (Å²) in [5.41, 5.74) is 4.81. The summed E-state index contributed by atoms with van der Waals surface area (Å²) >= 11 is 1.67. The predicted molar refractivity (Wildman–Crippen MR) is 125 cm³/mol. The fourth-order valence-electron chi connectivity index (χ4n) is 4.46. The van der Waals surface area contributed by atoms with Crippen LogP contribution in [-0.4, -0.2) is 22.9 Å². The first-order valence-electron chi connectivity index (χ1n) is 10.5. The van der Waals surface area contributed by atoms with Crippen molar-refractivity contribution >= 4 is 29.3 Å². The van der Waals surface area contributed by atoms with Gasteiger partial charge in [0.05, 0.1) is 0 Å². The van der Waals surface area contributed by atoms with Crippen LogP contribution < -0.4 is 10.6 Å². The van der Waals surface area contributed by atoms with Gasteiger partial charge in [-0.05, 0) is 62.3 Å². The van der Waals surface area contributed by atoms with Crippen LogP contribution in [0.3, 0.4) is 0 Å². The van der Waals surface area contributed by atoms with E-state index in [4.69, 9.17) is 0 Å². The second-order valence-corrected chi connectivity index (χ2v) is 9.20. The molecule has 0 spiro atoms. The summed E-state index contributed by atoms with van der Waals surface area (Å²) in [7, 11) is 0. The number of aromatic nitrogens is 1. The van der Waals surface area contributed by atoms with Crippen molar-refractivity contribution in [1.82, 2.24) is 10.3 Å². The first-order chi connectivity index (χ1) is 14.9. The van der Waals surface area contributed by atoms with Crippen LogP contribution in [0.15, 0.2) is 69.9 Å². The van der Waals surface area contributed by atoms with Crippen molar-refractivity contribution in [1.29, 1.82) is 0 Å². The Balaban J connectivity index is 1.78. The zero-order chi connectivity index (χ0) is 22.1. The second-order valence-electron chi connectivity index (χ2n) is 8.32. The summed E-state index contributed by atoms with van der Waals surface area (Å²) in [6, 6.07) is 13.7. The molecule has 1 aromatic carbocycles. The van der Waals surface area contributed by atoms with Crippen LogP contribution >= 0.6 is 11.8 Å². The van der Waals surface area contributed by atoms with E-state index in [2.05, 4.69) is 22.5 Å². The van der Waals surface area contributed by atoms with E-state index in [1.54, 1.807) is 17.8 Å². The number of benzene rings is 1. The van der Waals surface area contributed by atoms with E-state index in [0.717, 1.165) is 39.5 Å². The highest BCUT2D eigenvalue weighted by Gasteiger charge is 2.39. The van der Waals surface area contributed by atoms with E-state index in [-0.39, 0.29) is 17.6 Å². The smallest absolute Gasteiger partial charge is 0.255 e. The molecule has 0 fully saturated rings. The fraction of sp³-hybridized carbons (Fsp3) is 0.320. The molecule has 160 valence electrons. The van der Waals surface area contributed by atoms with E-state index in [0.29, 0.717) is 17.8 Å². The Morgan fingerprint density at radius 2 is 1.87 bits per heavy atom. The monoisotopic (exact) mass is 433 g/mol. The first-order valence-corrected chi connectivity index (χ1v) is 11.7. The van der Waals surface area contributed by atoms with Crippen LogP contribution in [0.1, 0.15) is 43.9 Å². The van der Waals surface area contributed by atoms with Crippen molar-refractivity contribution in [2.45, 2.75) is 44.4 Å². The minimum atomic E-state index is -0.392. The van der Waals surface area contributed by atoms with Crippen LogP contribution in [0.4, 0.5) is 5.82 Å². The molecule has 2 aromatic rings. The van der Waals surface area contributed by atoms with Crippen molar-refractivity contribution < 1.29 is 9.59 Å². The van der Waals surface area contributed by atoms with Crippen molar-refractivity contribution in [3.63, 3.8) is 0 Å². The fourth-order valence-corrected chi connectivity index (χ4v) is 4.87. The molecular weight excluding hydrogens is 406 g/mol. The van der Waals surface area contributed by atoms with E-state index < -0.39 is 5.92 Å². The van der Waals surface area contributed by atoms with Gasteiger partial charge in [-0.1, -0.05) is 25.1 Å². The molecule has 1 aromatic heterocycles. The molecule has 0 bridgehead atoms. The molecule has 1 aliphatic carbocycles. The summed E-state index contributed by atoms with van der Waals surface area (Å²) < 4.78 is 0. The number of nitrogens with zero attached hydrogens (tertiary/aromatic N) is 1. The van der Waals surface area contributed by atoms with Gasteiger partial charge in [-0.15, -0.1) is 11.8 Å². The zero-order valence-electron chi connectivity index (χ0n) is 18.3. The Kier molecular flexibility index (Phi) is 6.01. The van der Waals surface area contributed by atoms with E-state index >= 15 is 0 Å². The van der Waals surface area contributed by atoms with Crippen LogP contribution in [0, 0.1) is 12.8 Å². The number of amides is 1. The number of thioether (sulfide) groups is 1. The maximum absolute atomic E-state index is 13.5. The number of hydrogen-bond acceptors (Lipinski definition) is 5. The van der Waals surface area contributed by atoms with Crippen molar-refractivity contribution in [3.8, 4) is 0 Å². The molecule has 0 saturated carbocycles. The molecule has 0 radical (unpaired) electrons. The minimum absolute atomic E-state index is 0.117. The first kappa shape index (κ1) is 21.4. The molecule has 5 nitrogen and oxygen atoms in total. The molecule has 4 rings (SSSR count). The molecule has 31 heavy (non-hydrogen) atoms. The van der Waals surface area contributed by atoms with Gasteiger partial charge in [0, 0.05) is 45.5 Å². The molecular formula is C25H27N3O2S. The minimum Gasteiger partial charge on any atom is -0.362 e. The molecule has 2 heterocycles. The summed E-state index contributed by atoms with van der Waals surface area (Å²) in [6.45, 7) is 5.89. The third-order valence-electron chi connectivity index (χ3n) is 5.86. The third-order valence-corrected chi connectivity index (χ3v) is 6.60. The number of aryl methyl sites for hydroxylation is 1. The molecule has 1 amide bonds. The highest BCUT2D eigenvalue weighted by Crippen LogP contribution is 2.43. The van der Waals surface area contributed by atoms with Gasteiger partial charge in [-0.25, -0.2) is 4.98 Å². The SMILES string of the molecule is CSc1ccc([C@@H]2C(C(=O)Nc3cccc(C)n3)=C(C)NC3=C2C(=O)C[C@@H](C)C3)cc1. The molecule has 6 heteroatoms. The standard InChI is InChI=1S/C25H27N3O2S/c1-14-12-19-24(20(29)13-14)23(17-8-10-18(31-4)11-9-17)22(16(3)27-19)25(30)28-21-7-5-6-15(2)26-21/h5-11,14,23,27H,12-13H2,1-4H3,(H,26,28,30)/t14-,23+/m0/s1. The van der Waals surface area contributed by atoms with Gasteiger partial charge < -0.3 is 10.6 Å². The Hall–Kier alpha value is -2.86. The van der Waals surface area contributed by atoms with Gasteiger partial charge in [0.2, 0.25) is 0 Å².